The topological polar surface area (TPSA) is 55.1 Å². The molecular weight excluding hydrogens is 260 g/mol. The van der Waals surface area contributed by atoms with Gasteiger partial charge in [0.1, 0.15) is 0 Å². The Labute approximate surface area is 125 Å². The fourth-order valence-electron chi connectivity index (χ4n) is 2.90. The predicted octanol–water partition coefficient (Wildman–Crippen LogP) is 3.41. The molecule has 3 nitrogen and oxygen atoms in total. The van der Waals surface area contributed by atoms with Crippen molar-refractivity contribution in [3.05, 3.63) is 64.2 Å². The zero-order valence-electron chi connectivity index (χ0n) is 12.6. The van der Waals surface area contributed by atoms with Crippen molar-refractivity contribution in [2.24, 2.45) is 5.73 Å². The Morgan fingerprint density at radius 3 is 2.43 bits per heavy atom. The van der Waals surface area contributed by atoms with Crippen molar-refractivity contribution < 1.29 is 4.79 Å². The molecule has 0 spiro atoms. The van der Waals surface area contributed by atoms with Gasteiger partial charge in [0.2, 0.25) is 5.91 Å². The molecule has 2 unspecified atom stereocenters. The Bertz CT molecular complexity index is 704. The second kappa shape index (κ2) is 5.01. The molecule has 0 radical (unpaired) electrons. The van der Waals surface area contributed by atoms with E-state index in [1.54, 1.807) is 0 Å². The molecule has 3 N–H and O–H groups in total. The molecule has 0 aromatic heterocycles. The molecule has 0 aliphatic carbocycles. The van der Waals surface area contributed by atoms with E-state index in [0.717, 1.165) is 27.9 Å². The average Bonchev–Trinajstić information content (AvgIpc) is 2.74. The van der Waals surface area contributed by atoms with Gasteiger partial charge in [0.15, 0.2) is 0 Å². The molecule has 0 fully saturated rings. The molecule has 3 heteroatoms. The molecule has 2 aromatic carbocycles. The molecule has 1 amide bonds. The number of hydrogen-bond acceptors (Lipinski definition) is 2. The van der Waals surface area contributed by atoms with Gasteiger partial charge in [-0.25, -0.2) is 0 Å². The van der Waals surface area contributed by atoms with Crippen molar-refractivity contribution >= 4 is 11.6 Å². The first-order valence-electron chi connectivity index (χ1n) is 7.25. The molecule has 108 valence electrons. The molecule has 0 saturated heterocycles. The van der Waals surface area contributed by atoms with Gasteiger partial charge in [0.25, 0.3) is 0 Å². The number of nitrogens with one attached hydrogen (secondary N) is 1. The van der Waals surface area contributed by atoms with Crippen molar-refractivity contribution in [3.63, 3.8) is 0 Å². The van der Waals surface area contributed by atoms with E-state index in [-0.39, 0.29) is 17.9 Å². The molecule has 2 atom stereocenters. The highest BCUT2D eigenvalue weighted by molar-refractivity contribution is 6.03. The summed E-state index contributed by atoms with van der Waals surface area (Å²) in [5.74, 6) is -0.0585. The van der Waals surface area contributed by atoms with E-state index in [0.29, 0.717) is 0 Å². The average molecular weight is 280 g/mol. The summed E-state index contributed by atoms with van der Waals surface area (Å²) in [6, 6.07) is 12.1. The summed E-state index contributed by atoms with van der Waals surface area (Å²) in [5, 5.41) is 2.99. The van der Waals surface area contributed by atoms with Gasteiger partial charge >= 0.3 is 0 Å². The normalized spacial score (nSPS) is 18.3. The van der Waals surface area contributed by atoms with E-state index < -0.39 is 0 Å². The number of nitrogens with two attached hydrogens (primary N) is 1. The van der Waals surface area contributed by atoms with Crippen LogP contribution in [-0.4, -0.2) is 5.91 Å². The third kappa shape index (κ3) is 2.34. The third-order valence-corrected chi connectivity index (χ3v) is 4.22. The van der Waals surface area contributed by atoms with Crippen molar-refractivity contribution in [1.29, 1.82) is 0 Å². The maximum atomic E-state index is 11.9. The van der Waals surface area contributed by atoms with Crippen LogP contribution in [0.2, 0.25) is 0 Å². The van der Waals surface area contributed by atoms with Gasteiger partial charge in [0, 0.05) is 5.69 Å². The maximum Gasteiger partial charge on any atom is 0.231 e. The molecular formula is C18H20N2O. The van der Waals surface area contributed by atoms with E-state index >= 15 is 0 Å². The number of amides is 1. The Kier molecular flexibility index (Phi) is 3.30. The van der Waals surface area contributed by atoms with Crippen LogP contribution in [0.4, 0.5) is 5.69 Å². The lowest BCUT2D eigenvalue weighted by atomic mass is 9.91. The standard InChI is InChI=1S/C18H20N2O/c1-10-4-6-13(7-5-10)16(19)15-9-11(2)8-14-12(3)18(21)20-17(14)15/h4-9,12,16H,19H2,1-3H3,(H,20,21). The fourth-order valence-corrected chi connectivity index (χ4v) is 2.90. The van der Waals surface area contributed by atoms with Crippen LogP contribution in [-0.2, 0) is 4.79 Å². The molecule has 0 bridgehead atoms. The largest absolute Gasteiger partial charge is 0.325 e. The second-order valence-electron chi connectivity index (χ2n) is 5.92. The Morgan fingerprint density at radius 2 is 1.76 bits per heavy atom. The van der Waals surface area contributed by atoms with Crippen LogP contribution >= 0.6 is 0 Å². The van der Waals surface area contributed by atoms with Crippen LogP contribution in [0, 0.1) is 13.8 Å². The Morgan fingerprint density at radius 1 is 1.10 bits per heavy atom. The van der Waals surface area contributed by atoms with Crippen molar-refractivity contribution in [1.82, 2.24) is 0 Å². The lowest BCUT2D eigenvalue weighted by Gasteiger charge is -2.18. The zero-order chi connectivity index (χ0) is 15.1. The van der Waals surface area contributed by atoms with Gasteiger partial charge in [-0.05, 0) is 37.5 Å². The summed E-state index contributed by atoms with van der Waals surface area (Å²) < 4.78 is 0. The van der Waals surface area contributed by atoms with Crippen molar-refractivity contribution in [2.75, 3.05) is 5.32 Å². The number of benzene rings is 2. The van der Waals surface area contributed by atoms with E-state index in [1.165, 1.54) is 5.56 Å². The number of aryl methyl sites for hydroxylation is 2. The monoisotopic (exact) mass is 280 g/mol. The molecule has 0 saturated carbocycles. The summed E-state index contributed by atoms with van der Waals surface area (Å²) in [5.41, 5.74) is 12.8. The summed E-state index contributed by atoms with van der Waals surface area (Å²) in [6.45, 7) is 6.03. The fraction of sp³-hybridized carbons (Fsp3) is 0.278. The van der Waals surface area contributed by atoms with Crippen molar-refractivity contribution in [2.45, 2.75) is 32.7 Å². The maximum absolute atomic E-state index is 11.9. The van der Waals surface area contributed by atoms with E-state index in [1.807, 2.05) is 13.8 Å². The van der Waals surface area contributed by atoms with Crippen LogP contribution in [0.15, 0.2) is 36.4 Å². The number of carbonyl (C=O) groups excluding carboxylic acids is 1. The molecule has 3 rings (SSSR count). The summed E-state index contributed by atoms with van der Waals surface area (Å²) in [4.78, 5) is 11.9. The molecule has 1 aliphatic heterocycles. The van der Waals surface area contributed by atoms with Gasteiger partial charge in [-0.3, -0.25) is 4.79 Å². The minimum absolute atomic E-state index is 0.0490. The van der Waals surface area contributed by atoms with Crippen LogP contribution in [0.25, 0.3) is 0 Å². The van der Waals surface area contributed by atoms with E-state index in [9.17, 15) is 4.79 Å². The number of fused-ring (bicyclic) bond motifs is 1. The Balaban J connectivity index is 2.09. The van der Waals surface area contributed by atoms with Gasteiger partial charge in [0.05, 0.1) is 12.0 Å². The number of rotatable bonds is 2. The minimum Gasteiger partial charge on any atom is -0.325 e. The summed E-state index contributed by atoms with van der Waals surface area (Å²) in [7, 11) is 0. The quantitative estimate of drug-likeness (QED) is 0.885. The van der Waals surface area contributed by atoms with Crippen LogP contribution < -0.4 is 11.1 Å². The minimum atomic E-state index is -0.232. The summed E-state index contributed by atoms with van der Waals surface area (Å²) >= 11 is 0. The first kappa shape index (κ1) is 13.8. The predicted molar refractivity (Wildman–Crippen MR) is 85.4 cm³/mol. The molecule has 1 heterocycles. The van der Waals surface area contributed by atoms with Gasteiger partial charge in [-0.15, -0.1) is 0 Å². The molecule has 21 heavy (non-hydrogen) atoms. The highest BCUT2D eigenvalue weighted by Crippen LogP contribution is 2.39. The Hall–Kier alpha value is -2.13. The highest BCUT2D eigenvalue weighted by atomic mass is 16.2. The third-order valence-electron chi connectivity index (χ3n) is 4.22. The molecule has 2 aromatic rings. The first-order valence-corrected chi connectivity index (χ1v) is 7.25. The smallest absolute Gasteiger partial charge is 0.231 e. The van der Waals surface area contributed by atoms with Crippen LogP contribution in [0.1, 0.15) is 46.7 Å². The second-order valence-corrected chi connectivity index (χ2v) is 5.92. The van der Waals surface area contributed by atoms with Crippen LogP contribution in [0.5, 0.6) is 0 Å². The van der Waals surface area contributed by atoms with E-state index in [4.69, 9.17) is 5.73 Å². The molecule has 1 aliphatic rings. The zero-order valence-corrected chi connectivity index (χ0v) is 12.6. The van der Waals surface area contributed by atoms with Crippen molar-refractivity contribution in [3.8, 4) is 0 Å². The van der Waals surface area contributed by atoms with Gasteiger partial charge in [-0.1, -0.05) is 47.5 Å². The van der Waals surface area contributed by atoms with Gasteiger partial charge < -0.3 is 11.1 Å². The first-order chi connectivity index (χ1) is 9.97. The van der Waals surface area contributed by atoms with Gasteiger partial charge in [-0.2, -0.15) is 0 Å². The van der Waals surface area contributed by atoms with E-state index in [2.05, 4.69) is 48.6 Å². The number of anilines is 1. The highest BCUT2D eigenvalue weighted by Gasteiger charge is 2.30. The summed E-state index contributed by atoms with van der Waals surface area (Å²) in [6.07, 6.45) is 0. The lowest BCUT2D eigenvalue weighted by Crippen LogP contribution is -2.15. The number of hydrogen-bond donors (Lipinski definition) is 2. The SMILES string of the molecule is Cc1ccc(C(N)c2cc(C)cc3c2NC(=O)C3C)cc1. The van der Waals surface area contributed by atoms with Crippen LogP contribution in [0.3, 0.4) is 0 Å². The lowest BCUT2D eigenvalue weighted by molar-refractivity contribution is -0.116. The number of carbonyl (C=O) groups is 1.